The van der Waals surface area contributed by atoms with Crippen molar-refractivity contribution < 1.29 is 14.0 Å². The lowest BCUT2D eigenvalue weighted by molar-refractivity contribution is 0.128. The van der Waals surface area contributed by atoms with Crippen LogP contribution in [0.3, 0.4) is 0 Å². The molecule has 2 aliphatic rings. The van der Waals surface area contributed by atoms with E-state index >= 15 is 0 Å². The van der Waals surface area contributed by atoms with Crippen molar-refractivity contribution in [3.63, 3.8) is 0 Å². The van der Waals surface area contributed by atoms with Crippen molar-refractivity contribution in [2.45, 2.75) is 4.99 Å². The molecule has 0 aliphatic carbocycles. The van der Waals surface area contributed by atoms with Gasteiger partial charge in [-0.05, 0) is 12.1 Å². The number of furan rings is 1. The van der Waals surface area contributed by atoms with Gasteiger partial charge < -0.3 is 4.42 Å². The second kappa shape index (κ2) is 3.18. The Morgan fingerprint density at radius 3 is 3.12 bits per heavy atom. The third kappa shape index (κ3) is 1.15. The highest BCUT2D eigenvalue weighted by Gasteiger charge is 2.52. The molecule has 0 bridgehead atoms. The van der Waals surface area contributed by atoms with Crippen molar-refractivity contribution in [2.75, 3.05) is 12.3 Å². The molecule has 1 aromatic rings. The molecule has 0 saturated carbocycles. The Bertz CT molecular complexity index is 447. The first kappa shape index (κ1) is 9.59. The monoisotopic (exact) mass is 239 g/mol. The van der Waals surface area contributed by atoms with Gasteiger partial charge in [-0.2, -0.15) is 0 Å². The van der Waals surface area contributed by atoms with E-state index in [1.807, 2.05) is 0 Å². The summed E-state index contributed by atoms with van der Waals surface area (Å²) in [5.74, 6) is 1.33. The number of carbonyl (C=O) groups is 2. The molecule has 1 atom stereocenters. The average Bonchev–Trinajstić information content (AvgIpc) is 2.84. The molecule has 2 N–H and O–H groups in total. The number of hydrogen-bond acceptors (Lipinski definition) is 4. The minimum atomic E-state index is -0.872. The van der Waals surface area contributed by atoms with Gasteiger partial charge in [0.15, 0.2) is 5.76 Å². The molecule has 3 rings (SSSR count). The lowest BCUT2D eigenvalue weighted by Crippen LogP contribution is -2.66. The van der Waals surface area contributed by atoms with E-state index in [9.17, 15) is 9.59 Å². The van der Waals surface area contributed by atoms with Crippen LogP contribution in [0.4, 0.5) is 9.59 Å². The van der Waals surface area contributed by atoms with E-state index in [4.69, 9.17) is 4.42 Å². The second-order valence-corrected chi connectivity index (χ2v) is 4.79. The van der Waals surface area contributed by atoms with Crippen LogP contribution >= 0.6 is 11.8 Å². The lowest BCUT2D eigenvalue weighted by Gasteiger charge is -2.39. The van der Waals surface area contributed by atoms with E-state index in [2.05, 4.69) is 10.6 Å². The topological polar surface area (TPSA) is 74.6 Å². The Kier molecular flexibility index (Phi) is 1.90. The molecule has 16 heavy (non-hydrogen) atoms. The van der Waals surface area contributed by atoms with E-state index in [1.54, 1.807) is 17.0 Å². The van der Waals surface area contributed by atoms with Gasteiger partial charge in [-0.25, -0.2) is 9.59 Å². The first-order valence-corrected chi connectivity index (χ1v) is 5.80. The first-order chi connectivity index (χ1) is 7.72. The van der Waals surface area contributed by atoms with Crippen LogP contribution in [0.2, 0.25) is 0 Å². The zero-order valence-corrected chi connectivity index (χ0v) is 9.04. The molecular weight excluding hydrogens is 230 g/mol. The SMILES string of the molecule is O=C1NC(=O)N2CCSC2(c2ccco2)N1. The molecule has 0 radical (unpaired) electrons. The number of nitrogens with one attached hydrogen (secondary N) is 2. The molecule has 2 aliphatic heterocycles. The van der Waals surface area contributed by atoms with Crippen molar-refractivity contribution in [2.24, 2.45) is 0 Å². The van der Waals surface area contributed by atoms with Crippen molar-refractivity contribution in [1.82, 2.24) is 15.5 Å². The van der Waals surface area contributed by atoms with E-state index in [0.717, 1.165) is 5.75 Å². The standard InChI is InChI=1S/C9H9N3O3S/c13-7-10-8(14)12-3-5-16-9(12,11-7)6-2-1-4-15-6/h1-2,4H,3,5H2,(H2,10,11,13,14). The molecule has 6 nitrogen and oxygen atoms in total. The Balaban J connectivity index is 2.08. The molecule has 0 spiro atoms. The third-order valence-corrected chi connectivity index (χ3v) is 3.94. The number of fused-ring (bicyclic) bond motifs is 1. The summed E-state index contributed by atoms with van der Waals surface area (Å²) in [5.41, 5.74) is 0. The largest absolute Gasteiger partial charge is 0.464 e. The van der Waals surface area contributed by atoms with Crippen LogP contribution in [-0.4, -0.2) is 29.3 Å². The summed E-state index contributed by atoms with van der Waals surface area (Å²) in [6.07, 6.45) is 1.53. The summed E-state index contributed by atoms with van der Waals surface area (Å²) in [6.45, 7) is 0.581. The molecule has 3 heterocycles. The lowest BCUT2D eigenvalue weighted by atomic mass is 10.3. The highest BCUT2D eigenvalue weighted by atomic mass is 32.2. The maximum atomic E-state index is 11.7. The molecule has 2 fully saturated rings. The normalized spacial score (nSPS) is 28.6. The number of hydrogen-bond donors (Lipinski definition) is 2. The van der Waals surface area contributed by atoms with E-state index in [-0.39, 0.29) is 6.03 Å². The minimum Gasteiger partial charge on any atom is -0.464 e. The summed E-state index contributed by atoms with van der Waals surface area (Å²) in [4.78, 5) is 23.8. The van der Waals surface area contributed by atoms with E-state index in [1.165, 1.54) is 18.0 Å². The van der Waals surface area contributed by atoms with Crippen molar-refractivity contribution in [1.29, 1.82) is 0 Å². The highest BCUT2D eigenvalue weighted by molar-refractivity contribution is 8.00. The van der Waals surface area contributed by atoms with E-state index < -0.39 is 11.0 Å². The van der Waals surface area contributed by atoms with Gasteiger partial charge in [0.05, 0.1) is 6.26 Å². The number of imide groups is 1. The number of urea groups is 2. The summed E-state index contributed by atoms with van der Waals surface area (Å²) in [7, 11) is 0. The molecule has 7 heteroatoms. The van der Waals surface area contributed by atoms with E-state index in [0.29, 0.717) is 12.3 Å². The summed E-state index contributed by atoms with van der Waals surface area (Å²) in [5, 5.41) is 4.97. The smallest absolute Gasteiger partial charge is 0.328 e. The number of thioether (sulfide) groups is 1. The van der Waals surface area contributed by atoms with Crippen LogP contribution in [0.25, 0.3) is 0 Å². The fourth-order valence-corrected chi connectivity index (χ4v) is 3.28. The zero-order valence-electron chi connectivity index (χ0n) is 8.23. The third-order valence-electron chi connectivity index (χ3n) is 2.61. The Labute approximate surface area is 95.3 Å². The van der Waals surface area contributed by atoms with Gasteiger partial charge in [0.2, 0.25) is 4.99 Å². The molecule has 84 valence electrons. The second-order valence-electron chi connectivity index (χ2n) is 3.51. The number of rotatable bonds is 1. The van der Waals surface area contributed by atoms with Gasteiger partial charge in [-0.1, -0.05) is 0 Å². The van der Waals surface area contributed by atoms with Gasteiger partial charge >= 0.3 is 12.1 Å². The van der Waals surface area contributed by atoms with Gasteiger partial charge in [-0.3, -0.25) is 15.5 Å². The molecule has 0 aromatic carbocycles. The highest BCUT2D eigenvalue weighted by Crippen LogP contribution is 2.43. The molecule has 2 saturated heterocycles. The number of carbonyl (C=O) groups excluding carboxylic acids is 2. The van der Waals surface area contributed by atoms with Gasteiger partial charge in [-0.15, -0.1) is 11.8 Å². The quantitative estimate of drug-likeness (QED) is 0.762. The van der Waals surface area contributed by atoms with Crippen LogP contribution in [0.1, 0.15) is 5.76 Å². The summed E-state index contributed by atoms with van der Waals surface area (Å²) >= 11 is 1.48. The van der Waals surface area contributed by atoms with Gasteiger partial charge in [0.25, 0.3) is 0 Å². The fourth-order valence-electron chi connectivity index (χ4n) is 1.95. The summed E-state index contributed by atoms with van der Waals surface area (Å²) in [6, 6.07) is 2.61. The molecule has 1 unspecified atom stereocenters. The minimum absolute atomic E-state index is 0.384. The average molecular weight is 239 g/mol. The summed E-state index contributed by atoms with van der Waals surface area (Å²) < 4.78 is 5.32. The Morgan fingerprint density at radius 2 is 2.38 bits per heavy atom. The first-order valence-electron chi connectivity index (χ1n) is 4.81. The maximum Gasteiger partial charge on any atom is 0.328 e. The zero-order chi connectivity index (χ0) is 11.2. The number of nitrogens with zero attached hydrogens (tertiary/aromatic N) is 1. The van der Waals surface area contributed by atoms with Gasteiger partial charge in [0, 0.05) is 12.3 Å². The Morgan fingerprint density at radius 1 is 1.50 bits per heavy atom. The van der Waals surface area contributed by atoms with Crippen LogP contribution in [0.15, 0.2) is 22.8 Å². The van der Waals surface area contributed by atoms with Crippen LogP contribution in [0.5, 0.6) is 0 Å². The number of amides is 4. The van der Waals surface area contributed by atoms with Crippen LogP contribution in [-0.2, 0) is 4.99 Å². The fraction of sp³-hybridized carbons (Fsp3) is 0.333. The van der Waals surface area contributed by atoms with Crippen LogP contribution in [0, 0.1) is 0 Å². The van der Waals surface area contributed by atoms with Crippen molar-refractivity contribution >= 4 is 23.8 Å². The molecule has 1 aromatic heterocycles. The predicted octanol–water partition coefficient (Wildman–Crippen LogP) is 0.871. The van der Waals surface area contributed by atoms with Gasteiger partial charge in [0.1, 0.15) is 0 Å². The molecular formula is C9H9N3O3S. The Hall–Kier alpha value is -1.63. The maximum absolute atomic E-state index is 11.7. The molecule has 4 amide bonds. The van der Waals surface area contributed by atoms with Crippen LogP contribution < -0.4 is 10.6 Å². The predicted molar refractivity (Wildman–Crippen MR) is 56.6 cm³/mol. The van der Waals surface area contributed by atoms with Crippen molar-refractivity contribution in [3.8, 4) is 0 Å². The van der Waals surface area contributed by atoms with Crippen molar-refractivity contribution in [3.05, 3.63) is 24.2 Å².